The fourth-order valence-electron chi connectivity index (χ4n) is 5.74. The molecule has 3 heterocycles. The van der Waals surface area contributed by atoms with E-state index in [0.29, 0.717) is 29.9 Å². The van der Waals surface area contributed by atoms with Crippen molar-refractivity contribution in [3.8, 4) is 5.75 Å². The minimum absolute atomic E-state index is 0.0637. The topological polar surface area (TPSA) is 162 Å². The summed E-state index contributed by atoms with van der Waals surface area (Å²) in [6.45, 7) is 8.25. The van der Waals surface area contributed by atoms with E-state index in [-0.39, 0.29) is 24.8 Å². The number of imidazole rings is 1. The van der Waals surface area contributed by atoms with E-state index in [1.807, 2.05) is 64.1 Å². The van der Waals surface area contributed by atoms with Gasteiger partial charge in [-0.3, -0.25) is 25.1 Å². The van der Waals surface area contributed by atoms with Gasteiger partial charge >= 0.3 is 6.03 Å². The van der Waals surface area contributed by atoms with Gasteiger partial charge in [-0.2, -0.15) is 0 Å². The number of hydroxylamine groups is 1. The van der Waals surface area contributed by atoms with E-state index in [1.165, 1.54) is 4.90 Å². The normalized spacial score (nSPS) is 17.1. The molecule has 12 heteroatoms. The van der Waals surface area contributed by atoms with E-state index in [9.17, 15) is 19.6 Å². The molecule has 230 valence electrons. The van der Waals surface area contributed by atoms with Crippen LogP contribution in [-0.2, 0) is 21.7 Å². The highest BCUT2D eigenvalue weighted by atomic mass is 16.5. The Bertz CT molecular complexity index is 1620. The van der Waals surface area contributed by atoms with Crippen LogP contribution in [0.1, 0.15) is 49.2 Å². The number of aromatic amines is 1. The average Bonchev–Trinajstić information content (AvgIpc) is 3.54. The number of rotatable bonds is 10. The number of benzene rings is 2. The van der Waals surface area contributed by atoms with Crippen molar-refractivity contribution in [3.63, 3.8) is 0 Å². The predicted molar refractivity (Wildman–Crippen MR) is 164 cm³/mol. The molecule has 1 fully saturated rings. The zero-order valence-electron chi connectivity index (χ0n) is 25.2. The third kappa shape index (κ3) is 6.50. The van der Waals surface area contributed by atoms with Crippen LogP contribution in [0.25, 0.3) is 11.0 Å². The van der Waals surface area contributed by atoms with Crippen molar-refractivity contribution < 1.29 is 24.3 Å². The van der Waals surface area contributed by atoms with Crippen LogP contribution in [0.15, 0.2) is 60.7 Å². The monoisotopic (exact) mass is 599 g/mol. The molecule has 2 atom stereocenters. The van der Waals surface area contributed by atoms with Crippen molar-refractivity contribution in [2.45, 2.75) is 58.7 Å². The Hall–Kier alpha value is -4.97. The standard InChI is InChI=1S/C32H37N7O5/c1-19(2)15-27(28(40)38-43)39-14-13-32(29(39)41,37-31(42)36-30-34-25-7-5-6-8-26(25)35-30)23-9-11-24(12-10-23)44-18-22-16-20(3)33-21(4)17-22/h5-12,16-17,19,27,43H,13-15,18H2,1-4H3,(H,38,40)(H3,34,35,36,37,42)/t27?,32-/m1/s1. The van der Waals surface area contributed by atoms with Gasteiger partial charge in [0.05, 0.1) is 11.0 Å². The number of amides is 4. The summed E-state index contributed by atoms with van der Waals surface area (Å²) in [5.41, 5.74) is 4.97. The van der Waals surface area contributed by atoms with Crippen LogP contribution in [0, 0.1) is 19.8 Å². The number of nitrogens with one attached hydrogen (secondary N) is 4. The lowest BCUT2D eigenvalue weighted by Crippen LogP contribution is -2.56. The molecule has 4 amide bonds. The number of carbonyl (C=O) groups is 3. The molecule has 5 N–H and O–H groups in total. The summed E-state index contributed by atoms with van der Waals surface area (Å²) in [4.78, 5) is 53.5. The number of nitrogens with zero attached hydrogens (tertiary/aromatic N) is 3. The van der Waals surface area contributed by atoms with E-state index in [4.69, 9.17) is 4.74 Å². The summed E-state index contributed by atoms with van der Waals surface area (Å²) >= 11 is 0. The minimum atomic E-state index is -1.49. The lowest BCUT2D eigenvalue weighted by Gasteiger charge is -2.32. The van der Waals surface area contributed by atoms with Crippen LogP contribution in [-0.4, -0.2) is 55.5 Å². The Morgan fingerprint density at radius 2 is 1.77 bits per heavy atom. The van der Waals surface area contributed by atoms with Gasteiger partial charge in [0, 0.05) is 24.4 Å². The van der Waals surface area contributed by atoms with Gasteiger partial charge in [0.25, 0.3) is 11.8 Å². The average molecular weight is 600 g/mol. The highest BCUT2D eigenvalue weighted by molar-refractivity contribution is 5.99. The van der Waals surface area contributed by atoms with Gasteiger partial charge in [0.15, 0.2) is 0 Å². The maximum atomic E-state index is 14.2. The number of para-hydroxylation sites is 2. The fourth-order valence-corrected chi connectivity index (χ4v) is 5.74. The number of hydrogen-bond donors (Lipinski definition) is 5. The van der Waals surface area contributed by atoms with Crippen molar-refractivity contribution in [1.82, 2.24) is 30.6 Å². The molecular weight excluding hydrogens is 562 g/mol. The number of anilines is 1. The Kier molecular flexibility index (Phi) is 8.81. The molecule has 44 heavy (non-hydrogen) atoms. The number of carbonyl (C=O) groups excluding carboxylic acids is 3. The summed E-state index contributed by atoms with van der Waals surface area (Å²) < 4.78 is 6.00. The molecule has 4 aromatic rings. The van der Waals surface area contributed by atoms with E-state index >= 15 is 0 Å². The van der Waals surface area contributed by atoms with Crippen molar-refractivity contribution in [3.05, 3.63) is 83.2 Å². The number of urea groups is 1. The molecule has 1 saturated heterocycles. The number of pyridine rings is 1. The number of likely N-dealkylation sites (tertiary alicyclic amines) is 1. The molecule has 0 bridgehead atoms. The van der Waals surface area contributed by atoms with Crippen LogP contribution >= 0.6 is 0 Å². The Balaban J connectivity index is 1.41. The quantitative estimate of drug-likeness (QED) is 0.134. The predicted octanol–water partition coefficient (Wildman–Crippen LogP) is 4.32. The molecule has 0 aliphatic carbocycles. The van der Waals surface area contributed by atoms with Gasteiger partial charge in [-0.25, -0.2) is 15.3 Å². The summed E-state index contributed by atoms with van der Waals surface area (Å²) in [7, 11) is 0. The maximum absolute atomic E-state index is 14.2. The van der Waals surface area contributed by atoms with Crippen molar-refractivity contribution >= 4 is 34.8 Å². The smallest absolute Gasteiger partial charge is 0.322 e. The molecular formula is C32H37N7O5. The van der Waals surface area contributed by atoms with Crippen molar-refractivity contribution in [2.75, 3.05) is 11.9 Å². The van der Waals surface area contributed by atoms with Crippen molar-refractivity contribution in [1.29, 1.82) is 0 Å². The SMILES string of the molecule is Cc1cc(COc2ccc([C@]3(NC(=O)Nc4nc5ccccc5[nH]4)CCN(C(CC(C)C)C(=O)NO)C3=O)cc2)cc(C)n1. The zero-order chi connectivity index (χ0) is 31.4. The number of aromatic nitrogens is 3. The van der Waals surface area contributed by atoms with E-state index in [1.54, 1.807) is 29.7 Å². The van der Waals surface area contributed by atoms with Crippen LogP contribution in [0.4, 0.5) is 10.7 Å². The number of H-pyrrole nitrogens is 1. The molecule has 0 spiro atoms. The minimum Gasteiger partial charge on any atom is -0.489 e. The number of hydrogen-bond acceptors (Lipinski definition) is 7. The van der Waals surface area contributed by atoms with Crippen LogP contribution in [0.3, 0.4) is 0 Å². The van der Waals surface area contributed by atoms with E-state index in [2.05, 4.69) is 25.6 Å². The summed E-state index contributed by atoms with van der Waals surface area (Å²) in [5, 5.41) is 15.0. The molecule has 5 rings (SSSR count). The van der Waals surface area contributed by atoms with Gasteiger partial charge in [0.1, 0.15) is 23.9 Å². The third-order valence-corrected chi connectivity index (χ3v) is 7.68. The highest BCUT2D eigenvalue weighted by Gasteiger charge is 2.52. The molecule has 1 aliphatic rings. The van der Waals surface area contributed by atoms with Gasteiger partial charge in [-0.15, -0.1) is 0 Å². The lowest BCUT2D eigenvalue weighted by molar-refractivity contribution is -0.145. The molecule has 0 saturated carbocycles. The lowest BCUT2D eigenvalue weighted by atomic mass is 9.88. The van der Waals surface area contributed by atoms with Crippen LogP contribution in [0.2, 0.25) is 0 Å². The fraction of sp³-hybridized carbons (Fsp3) is 0.344. The summed E-state index contributed by atoms with van der Waals surface area (Å²) in [5.74, 6) is -0.261. The highest BCUT2D eigenvalue weighted by Crippen LogP contribution is 2.37. The number of fused-ring (bicyclic) bond motifs is 1. The second kappa shape index (κ2) is 12.7. The van der Waals surface area contributed by atoms with Crippen LogP contribution < -0.4 is 20.9 Å². The molecule has 1 unspecified atom stereocenters. The molecule has 12 nitrogen and oxygen atoms in total. The van der Waals surface area contributed by atoms with Crippen molar-refractivity contribution in [2.24, 2.45) is 5.92 Å². The number of ether oxygens (including phenoxy) is 1. The Morgan fingerprint density at radius 1 is 1.07 bits per heavy atom. The first-order valence-corrected chi connectivity index (χ1v) is 14.5. The van der Waals surface area contributed by atoms with E-state index < -0.39 is 29.4 Å². The largest absolute Gasteiger partial charge is 0.489 e. The summed E-state index contributed by atoms with van der Waals surface area (Å²) in [6, 6.07) is 16.7. The third-order valence-electron chi connectivity index (χ3n) is 7.68. The van der Waals surface area contributed by atoms with Gasteiger partial charge in [-0.05, 0) is 73.7 Å². The molecule has 2 aromatic heterocycles. The van der Waals surface area contributed by atoms with Gasteiger partial charge < -0.3 is 19.9 Å². The Labute approximate surface area is 255 Å². The summed E-state index contributed by atoms with van der Waals surface area (Å²) in [6.07, 6.45) is 0.530. The maximum Gasteiger partial charge on any atom is 0.322 e. The second-order valence-electron chi connectivity index (χ2n) is 11.5. The second-order valence-corrected chi connectivity index (χ2v) is 11.5. The molecule has 2 aromatic carbocycles. The molecule has 1 aliphatic heterocycles. The number of aryl methyl sites for hydroxylation is 2. The first kappa shape index (κ1) is 30.5. The Morgan fingerprint density at radius 3 is 2.43 bits per heavy atom. The van der Waals surface area contributed by atoms with Gasteiger partial charge in [-0.1, -0.05) is 38.1 Å². The first-order valence-electron chi connectivity index (χ1n) is 14.5. The van der Waals surface area contributed by atoms with E-state index in [0.717, 1.165) is 22.5 Å². The van der Waals surface area contributed by atoms with Crippen LogP contribution in [0.5, 0.6) is 5.75 Å². The first-order chi connectivity index (χ1) is 21.1. The zero-order valence-corrected chi connectivity index (χ0v) is 25.2. The molecule has 0 radical (unpaired) electrons. The van der Waals surface area contributed by atoms with Gasteiger partial charge in [0.2, 0.25) is 5.95 Å².